The van der Waals surface area contributed by atoms with E-state index in [1.807, 2.05) is 18.2 Å². The van der Waals surface area contributed by atoms with E-state index in [-0.39, 0.29) is 11.6 Å². The average molecular weight is 357 g/mol. The highest BCUT2D eigenvalue weighted by Gasteiger charge is 2.28. The number of nitrogens with one attached hydrogen (secondary N) is 1. The Balaban J connectivity index is 2.14. The van der Waals surface area contributed by atoms with Crippen molar-refractivity contribution >= 4 is 57.2 Å². The van der Waals surface area contributed by atoms with Gasteiger partial charge in [-0.25, -0.2) is 14.4 Å². The molecule has 0 saturated heterocycles. The first-order chi connectivity index (χ1) is 10.4. The smallest absolute Gasteiger partial charge is 0.250 e. The van der Waals surface area contributed by atoms with Gasteiger partial charge in [0, 0.05) is 11.1 Å². The standard InChI is InChI=1S/C15H9Cl3FN3/c16-15(17,18)14-21-12-7-2-1-6-11(12)13(22-14)20-10-5-3-4-9(19)8-10/h1-8H,(H,20,21,22). The van der Waals surface area contributed by atoms with Crippen molar-refractivity contribution in [3.8, 4) is 0 Å². The van der Waals surface area contributed by atoms with Gasteiger partial charge in [-0.3, -0.25) is 0 Å². The highest BCUT2D eigenvalue weighted by atomic mass is 35.6. The third-order valence-corrected chi connectivity index (χ3v) is 3.45. The molecule has 0 bridgehead atoms. The normalized spacial score (nSPS) is 11.6. The molecule has 0 aliphatic rings. The van der Waals surface area contributed by atoms with E-state index in [4.69, 9.17) is 34.8 Å². The minimum atomic E-state index is -1.75. The highest BCUT2D eigenvalue weighted by molar-refractivity contribution is 6.66. The second-order valence-electron chi connectivity index (χ2n) is 4.55. The minimum Gasteiger partial charge on any atom is -0.340 e. The number of aromatic nitrogens is 2. The SMILES string of the molecule is Fc1cccc(Nc2nc(C(Cl)(Cl)Cl)nc3ccccc23)c1. The van der Waals surface area contributed by atoms with Crippen LogP contribution in [0.2, 0.25) is 0 Å². The molecule has 0 aliphatic heterocycles. The van der Waals surface area contributed by atoms with Crippen LogP contribution < -0.4 is 5.32 Å². The van der Waals surface area contributed by atoms with Crippen LogP contribution in [0.3, 0.4) is 0 Å². The first-order valence-corrected chi connectivity index (χ1v) is 7.43. The van der Waals surface area contributed by atoms with E-state index < -0.39 is 3.79 Å². The van der Waals surface area contributed by atoms with Gasteiger partial charge in [0.1, 0.15) is 11.6 Å². The molecule has 0 spiro atoms. The number of nitrogens with zero attached hydrogens (tertiary/aromatic N) is 2. The molecule has 3 aromatic rings. The maximum atomic E-state index is 13.3. The number of alkyl halides is 3. The van der Waals surface area contributed by atoms with Crippen molar-refractivity contribution in [2.24, 2.45) is 0 Å². The zero-order valence-corrected chi connectivity index (χ0v) is 13.3. The molecule has 0 amide bonds. The van der Waals surface area contributed by atoms with Gasteiger partial charge in [0.15, 0.2) is 5.82 Å². The van der Waals surface area contributed by atoms with Gasteiger partial charge >= 0.3 is 0 Å². The van der Waals surface area contributed by atoms with Crippen LogP contribution in [0.4, 0.5) is 15.9 Å². The fourth-order valence-electron chi connectivity index (χ4n) is 2.00. The minimum absolute atomic E-state index is 0.0510. The van der Waals surface area contributed by atoms with E-state index in [2.05, 4.69) is 15.3 Å². The summed E-state index contributed by atoms with van der Waals surface area (Å²) in [6.45, 7) is 0. The molecule has 0 fully saturated rings. The maximum absolute atomic E-state index is 13.3. The van der Waals surface area contributed by atoms with Crippen molar-refractivity contribution < 1.29 is 4.39 Å². The largest absolute Gasteiger partial charge is 0.340 e. The summed E-state index contributed by atoms with van der Waals surface area (Å²) in [7, 11) is 0. The highest BCUT2D eigenvalue weighted by Crippen LogP contribution is 2.38. The summed E-state index contributed by atoms with van der Waals surface area (Å²) < 4.78 is 11.6. The quantitative estimate of drug-likeness (QED) is 0.630. The molecular formula is C15H9Cl3FN3. The monoisotopic (exact) mass is 355 g/mol. The molecule has 0 radical (unpaired) electrons. The van der Waals surface area contributed by atoms with Crippen molar-refractivity contribution in [3.63, 3.8) is 0 Å². The Bertz CT molecular complexity index is 834. The van der Waals surface area contributed by atoms with E-state index in [1.54, 1.807) is 18.2 Å². The summed E-state index contributed by atoms with van der Waals surface area (Å²) in [6.07, 6.45) is 0. The average Bonchev–Trinajstić information content (AvgIpc) is 2.46. The Morgan fingerprint density at radius 3 is 2.45 bits per heavy atom. The summed E-state index contributed by atoms with van der Waals surface area (Å²) in [5.74, 6) is 0.137. The molecular weight excluding hydrogens is 348 g/mol. The molecule has 22 heavy (non-hydrogen) atoms. The van der Waals surface area contributed by atoms with E-state index >= 15 is 0 Å². The number of anilines is 2. The van der Waals surface area contributed by atoms with Gasteiger partial charge in [-0.05, 0) is 30.3 Å². The van der Waals surface area contributed by atoms with Gasteiger partial charge in [0.2, 0.25) is 3.79 Å². The van der Waals surface area contributed by atoms with Crippen molar-refractivity contribution in [2.75, 3.05) is 5.32 Å². The second kappa shape index (κ2) is 5.88. The molecule has 3 nitrogen and oxygen atoms in total. The van der Waals surface area contributed by atoms with Gasteiger partial charge < -0.3 is 5.32 Å². The van der Waals surface area contributed by atoms with Gasteiger partial charge in [0.25, 0.3) is 0 Å². The third kappa shape index (κ3) is 3.24. The van der Waals surface area contributed by atoms with Crippen LogP contribution in [-0.2, 0) is 3.79 Å². The summed E-state index contributed by atoms with van der Waals surface area (Å²) in [6, 6.07) is 13.3. The predicted octanol–water partition coefficient (Wildman–Crippen LogP) is 5.34. The van der Waals surface area contributed by atoms with Gasteiger partial charge in [0.05, 0.1) is 5.52 Å². The maximum Gasteiger partial charge on any atom is 0.250 e. The molecule has 0 unspecified atom stereocenters. The lowest BCUT2D eigenvalue weighted by Crippen LogP contribution is -2.09. The number of halogens is 4. The van der Waals surface area contributed by atoms with Gasteiger partial charge in [-0.1, -0.05) is 53.0 Å². The topological polar surface area (TPSA) is 37.8 Å². The van der Waals surface area contributed by atoms with E-state index in [9.17, 15) is 4.39 Å². The zero-order valence-electron chi connectivity index (χ0n) is 11.0. The number of hydrogen-bond acceptors (Lipinski definition) is 3. The Labute approximate surface area is 141 Å². The summed E-state index contributed by atoms with van der Waals surface area (Å²) >= 11 is 17.6. The molecule has 112 valence electrons. The molecule has 7 heteroatoms. The van der Waals surface area contributed by atoms with Crippen molar-refractivity contribution in [1.29, 1.82) is 0 Å². The summed E-state index contributed by atoms with van der Waals surface area (Å²) in [5, 5.41) is 3.77. The molecule has 2 aromatic carbocycles. The Hall–Kier alpha value is -1.62. The summed E-state index contributed by atoms with van der Waals surface area (Å²) in [4.78, 5) is 8.50. The summed E-state index contributed by atoms with van der Waals surface area (Å²) in [5.41, 5.74) is 1.16. The van der Waals surface area contributed by atoms with Crippen LogP contribution in [0.25, 0.3) is 10.9 Å². The zero-order chi connectivity index (χ0) is 15.7. The van der Waals surface area contributed by atoms with Crippen LogP contribution >= 0.6 is 34.8 Å². The van der Waals surface area contributed by atoms with Crippen molar-refractivity contribution in [2.45, 2.75) is 3.79 Å². The van der Waals surface area contributed by atoms with Gasteiger partial charge in [-0.2, -0.15) is 0 Å². The number of fused-ring (bicyclic) bond motifs is 1. The lowest BCUT2D eigenvalue weighted by atomic mass is 10.2. The van der Waals surface area contributed by atoms with E-state index in [0.717, 1.165) is 5.39 Å². The van der Waals surface area contributed by atoms with Crippen LogP contribution in [-0.4, -0.2) is 9.97 Å². The lowest BCUT2D eigenvalue weighted by molar-refractivity contribution is 0.628. The fourth-order valence-corrected chi connectivity index (χ4v) is 2.26. The Kier molecular flexibility index (Phi) is 4.08. The number of hydrogen-bond donors (Lipinski definition) is 1. The van der Waals surface area contributed by atoms with E-state index in [0.29, 0.717) is 17.0 Å². The molecule has 3 rings (SSSR count). The molecule has 0 atom stereocenters. The molecule has 1 aromatic heterocycles. The lowest BCUT2D eigenvalue weighted by Gasteiger charge is -2.14. The first kappa shape index (κ1) is 15.3. The van der Waals surface area contributed by atoms with Crippen LogP contribution in [0, 0.1) is 5.82 Å². The molecule has 1 heterocycles. The number of rotatable bonds is 2. The Morgan fingerprint density at radius 1 is 0.955 bits per heavy atom. The Morgan fingerprint density at radius 2 is 1.73 bits per heavy atom. The number of para-hydroxylation sites is 1. The van der Waals surface area contributed by atoms with E-state index in [1.165, 1.54) is 12.1 Å². The van der Waals surface area contributed by atoms with Crippen LogP contribution in [0.1, 0.15) is 5.82 Å². The number of benzene rings is 2. The molecule has 1 N–H and O–H groups in total. The van der Waals surface area contributed by atoms with Crippen molar-refractivity contribution in [1.82, 2.24) is 9.97 Å². The van der Waals surface area contributed by atoms with Crippen molar-refractivity contribution in [3.05, 3.63) is 60.2 Å². The molecule has 0 saturated carbocycles. The first-order valence-electron chi connectivity index (χ1n) is 6.30. The molecule has 0 aliphatic carbocycles. The third-order valence-electron chi connectivity index (χ3n) is 2.94. The van der Waals surface area contributed by atoms with Gasteiger partial charge in [-0.15, -0.1) is 0 Å². The predicted molar refractivity (Wildman–Crippen MR) is 88.5 cm³/mol. The van der Waals surface area contributed by atoms with Crippen LogP contribution in [0.5, 0.6) is 0 Å². The fraction of sp³-hybridized carbons (Fsp3) is 0.0667. The van der Waals surface area contributed by atoms with Crippen LogP contribution in [0.15, 0.2) is 48.5 Å². The second-order valence-corrected chi connectivity index (χ2v) is 6.83.